The Labute approximate surface area is 97.7 Å². The molecule has 16 heavy (non-hydrogen) atoms. The van der Waals surface area contributed by atoms with Crippen LogP contribution in [0.1, 0.15) is 13.3 Å². The van der Waals surface area contributed by atoms with Crippen molar-refractivity contribution in [1.29, 1.82) is 0 Å². The maximum absolute atomic E-state index is 10.9. The van der Waals surface area contributed by atoms with Crippen molar-refractivity contribution in [2.45, 2.75) is 19.4 Å². The first-order chi connectivity index (χ1) is 7.61. The van der Waals surface area contributed by atoms with Gasteiger partial charge in [0.05, 0.1) is 12.4 Å². The Hall–Kier alpha value is -1.24. The van der Waals surface area contributed by atoms with E-state index in [1.807, 2.05) is 0 Å². The quantitative estimate of drug-likeness (QED) is 0.336. The SMILES string of the molecule is CCOC(=O)CSCCC(NC=O)C(=O)O. The molecule has 0 radical (unpaired) electrons. The molecule has 0 rings (SSSR count). The van der Waals surface area contributed by atoms with Crippen LogP contribution in [0.3, 0.4) is 0 Å². The summed E-state index contributed by atoms with van der Waals surface area (Å²) in [5.41, 5.74) is 0. The number of carboxylic acid groups (broad SMARTS) is 1. The normalized spacial score (nSPS) is 11.6. The largest absolute Gasteiger partial charge is 0.480 e. The molecule has 0 aromatic rings. The highest BCUT2D eigenvalue weighted by atomic mass is 32.2. The van der Waals surface area contributed by atoms with Gasteiger partial charge in [-0.2, -0.15) is 11.8 Å². The van der Waals surface area contributed by atoms with Gasteiger partial charge < -0.3 is 15.2 Å². The molecule has 0 aromatic carbocycles. The van der Waals surface area contributed by atoms with Gasteiger partial charge in [-0.25, -0.2) is 4.79 Å². The molecule has 0 heterocycles. The number of thioether (sulfide) groups is 1. The van der Waals surface area contributed by atoms with E-state index < -0.39 is 12.0 Å². The minimum atomic E-state index is -1.08. The third kappa shape index (κ3) is 7.10. The van der Waals surface area contributed by atoms with Gasteiger partial charge in [0.2, 0.25) is 6.41 Å². The number of hydrogen-bond donors (Lipinski definition) is 2. The molecule has 0 aromatic heterocycles. The number of carbonyl (C=O) groups is 3. The van der Waals surface area contributed by atoms with Gasteiger partial charge >= 0.3 is 11.9 Å². The van der Waals surface area contributed by atoms with Gasteiger partial charge in [-0.05, 0) is 19.1 Å². The smallest absolute Gasteiger partial charge is 0.326 e. The number of hydrogen-bond acceptors (Lipinski definition) is 5. The van der Waals surface area contributed by atoms with Crippen LogP contribution in [-0.2, 0) is 19.1 Å². The van der Waals surface area contributed by atoms with E-state index in [1.54, 1.807) is 6.92 Å². The zero-order valence-electron chi connectivity index (χ0n) is 8.97. The number of carbonyl (C=O) groups excluding carboxylic acids is 2. The third-order valence-corrected chi connectivity index (χ3v) is 2.61. The van der Waals surface area contributed by atoms with Gasteiger partial charge in [0.25, 0.3) is 0 Å². The van der Waals surface area contributed by atoms with Crippen LogP contribution in [0.4, 0.5) is 0 Å². The zero-order chi connectivity index (χ0) is 12.4. The minimum Gasteiger partial charge on any atom is -0.480 e. The van der Waals surface area contributed by atoms with Gasteiger partial charge in [-0.3, -0.25) is 9.59 Å². The predicted octanol–water partition coefficient (Wildman–Crippen LogP) is -0.128. The van der Waals surface area contributed by atoms with Gasteiger partial charge in [0.15, 0.2) is 0 Å². The minimum absolute atomic E-state index is 0.196. The molecular weight excluding hydrogens is 234 g/mol. The molecule has 0 saturated carbocycles. The summed E-state index contributed by atoms with van der Waals surface area (Å²) in [4.78, 5) is 31.6. The second-order valence-electron chi connectivity index (χ2n) is 2.82. The predicted molar refractivity (Wildman–Crippen MR) is 59.2 cm³/mol. The van der Waals surface area contributed by atoms with E-state index in [9.17, 15) is 14.4 Å². The highest BCUT2D eigenvalue weighted by Gasteiger charge is 2.15. The van der Waals surface area contributed by atoms with Crippen LogP contribution in [0.5, 0.6) is 0 Å². The first kappa shape index (κ1) is 14.8. The molecule has 0 fully saturated rings. The number of esters is 1. The first-order valence-electron chi connectivity index (χ1n) is 4.77. The summed E-state index contributed by atoms with van der Waals surface area (Å²) in [5.74, 6) is -0.732. The lowest BCUT2D eigenvalue weighted by molar-refractivity contribution is -0.140. The van der Waals surface area contributed by atoms with Crippen LogP contribution in [0.15, 0.2) is 0 Å². The van der Waals surface area contributed by atoms with Crippen LogP contribution < -0.4 is 5.32 Å². The summed E-state index contributed by atoms with van der Waals surface area (Å²) in [6.45, 7) is 2.06. The number of aliphatic carboxylic acids is 1. The Bertz CT molecular complexity index is 246. The Morgan fingerprint density at radius 2 is 2.25 bits per heavy atom. The van der Waals surface area contributed by atoms with Crippen molar-refractivity contribution in [3.8, 4) is 0 Å². The number of amides is 1. The molecule has 7 heteroatoms. The van der Waals surface area contributed by atoms with Crippen LogP contribution in [0.2, 0.25) is 0 Å². The standard InChI is InChI=1S/C9H15NO5S/c1-2-15-8(12)5-16-4-3-7(9(13)14)10-6-11/h6-7H,2-5H2,1H3,(H,10,11)(H,13,14). The van der Waals surface area contributed by atoms with Crippen LogP contribution in [0.25, 0.3) is 0 Å². The summed E-state index contributed by atoms with van der Waals surface area (Å²) >= 11 is 1.28. The summed E-state index contributed by atoms with van der Waals surface area (Å²) in [7, 11) is 0. The zero-order valence-corrected chi connectivity index (χ0v) is 9.79. The average Bonchev–Trinajstić information content (AvgIpc) is 2.22. The molecule has 0 spiro atoms. The molecule has 6 nitrogen and oxygen atoms in total. The van der Waals surface area contributed by atoms with Crippen molar-refractivity contribution in [3.05, 3.63) is 0 Å². The van der Waals surface area contributed by atoms with Gasteiger partial charge in [0, 0.05) is 0 Å². The molecule has 0 saturated heterocycles. The van der Waals surface area contributed by atoms with E-state index in [2.05, 4.69) is 5.32 Å². The molecule has 1 unspecified atom stereocenters. The maximum Gasteiger partial charge on any atom is 0.326 e. The van der Waals surface area contributed by atoms with E-state index in [-0.39, 0.29) is 18.1 Å². The monoisotopic (exact) mass is 249 g/mol. The molecule has 92 valence electrons. The second kappa shape index (κ2) is 9.02. The summed E-state index contributed by atoms with van der Waals surface area (Å²) in [6.07, 6.45) is 0.632. The molecule has 2 N–H and O–H groups in total. The highest BCUT2D eigenvalue weighted by Crippen LogP contribution is 2.05. The van der Waals surface area contributed by atoms with Crippen LogP contribution in [0, 0.1) is 0 Å². The van der Waals surface area contributed by atoms with Crippen molar-refractivity contribution < 1.29 is 24.2 Å². The molecule has 0 aliphatic rings. The number of rotatable bonds is 9. The molecule has 0 aliphatic heterocycles. The van der Waals surface area contributed by atoms with Crippen LogP contribution in [-0.4, -0.2) is 47.6 Å². The fraction of sp³-hybridized carbons (Fsp3) is 0.667. The fourth-order valence-electron chi connectivity index (χ4n) is 0.920. The lowest BCUT2D eigenvalue weighted by atomic mass is 10.2. The average molecular weight is 249 g/mol. The van der Waals surface area contributed by atoms with E-state index in [0.29, 0.717) is 18.8 Å². The Kier molecular flexibility index (Phi) is 8.32. The summed E-state index contributed by atoms with van der Waals surface area (Å²) in [5, 5.41) is 10.9. The summed E-state index contributed by atoms with van der Waals surface area (Å²) < 4.78 is 4.70. The van der Waals surface area contributed by atoms with E-state index >= 15 is 0 Å². The van der Waals surface area contributed by atoms with Crippen molar-refractivity contribution in [1.82, 2.24) is 5.32 Å². The van der Waals surface area contributed by atoms with Gasteiger partial charge in [0.1, 0.15) is 6.04 Å². The Morgan fingerprint density at radius 3 is 2.75 bits per heavy atom. The lowest BCUT2D eigenvalue weighted by Gasteiger charge is -2.10. The number of carboxylic acids is 1. The van der Waals surface area contributed by atoms with E-state index in [0.717, 1.165) is 0 Å². The van der Waals surface area contributed by atoms with E-state index in [4.69, 9.17) is 9.84 Å². The topological polar surface area (TPSA) is 92.7 Å². The molecular formula is C9H15NO5S. The first-order valence-corrected chi connectivity index (χ1v) is 5.93. The second-order valence-corrected chi connectivity index (χ2v) is 3.93. The Morgan fingerprint density at radius 1 is 1.56 bits per heavy atom. The maximum atomic E-state index is 10.9. The van der Waals surface area contributed by atoms with Gasteiger partial charge in [-0.1, -0.05) is 0 Å². The molecule has 0 aliphatic carbocycles. The highest BCUT2D eigenvalue weighted by molar-refractivity contribution is 7.99. The molecule has 0 bridgehead atoms. The van der Waals surface area contributed by atoms with E-state index in [1.165, 1.54) is 11.8 Å². The number of ether oxygens (including phenoxy) is 1. The lowest BCUT2D eigenvalue weighted by Crippen LogP contribution is -2.36. The van der Waals surface area contributed by atoms with Crippen molar-refractivity contribution in [2.75, 3.05) is 18.1 Å². The Balaban J connectivity index is 3.65. The number of nitrogens with one attached hydrogen (secondary N) is 1. The molecule has 1 amide bonds. The fourth-order valence-corrected chi connectivity index (χ4v) is 1.72. The van der Waals surface area contributed by atoms with Crippen molar-refractivity contribution >= 4 is 30.1 Å². The summed E-state index contributed by atoms with van der Waals surface area (Å²) in [6, 6.07) is -0.896. The van der Waals surface area contributed by atoms with Crippen molar-refractivity contribution in [2.24, 2.45) is 0 Å². The van der Waals surface area contributed by atoms with Crippen molar-refractivity contribution in [3.63, 3.8) is 0 Å². The molecule has 1 atom stereocenters. The van der Waals surface area contributed by atoms with Crippen LogP contribution >= 0.6 is 11.8 Å². The van der Waals surface area contributed by atoms with Gasteiger partial charge in [-0.15, -0.1) is 0 Å². The third-order valence-electron chi connectivity index (χ3n) is 1.64.